The predicted octanol–water partition coefficient (Wildman–Crippen LogP) is 4.82. The van der Waals surface area contributed by atoms with Crippen LogP contribution in [0.15, 0.2) is 36.4 Å². The van der Waals surface area contributed by atoms with Crippen LogP contribution < -0.4 is 10.1 Å². The Morgan fingerprint density at radius 3 is 2.48 bits per heavy atom. The van der Waals surface area contributed by atoms with Crippen molar-refractivity contribution in [3.63, 3.8) is 0 Å². The molecule has 2 aromatic rings. The number of halogens is 1. The minimum absolute atomic E-state index is 0.465. The van der Waals surface area contributed by atoms with Crippen LogP contribution in [0.3, 0.4) is 0 Å². The smallest absolute Gasteiger partial charge is 0.121 e. The lowest BCUT2D eigenvalue weighted by Gasteiger charge is -2.12. The van der Waals surface area contributed by atoms with E-state index in [1.165, 1.54) is 5.56 Å². The lowest BCUT2D eigenvalue weighted by Crippen LogP contribution is -2.21. The van der Waals surface area contributed by atoms with E-state index in [0.29, 0.717) is 6.04 Å². The molecule has 112 valence electrons. The van der Waals surface area contributed by atoms with Gasteiger partial charge in [-0.3, -0.25) is 0 Å². The van der Waals surface area contributed by atoms with Gasteiger partial charge in [0.1, 0.15) is 5.75 Å². The Hall–Kier alpha value is -1.51. The van der Waals surface area contributed by atoms with E-state index in [9.17, 15) is 0 Å². The van der Waals surface area contributed by atoms with Gasteiger partial charge in [0.2, 0.25) is 0 Å². The van der Waals surface area contributed by atoms with Gasteiger partial charge in [0.25, 0.3) is 0 Å². The van der Waals surface area contributed by atoms with Crippen LogP contribution >= 0.6 is 11.6 Å². The largest absolute Gasteiger partial charge is 0.496 e. The Morgan fingerprint density at radius 2 is 1.90 bits per heavy atom. The molecule has 0 fully saturated rings. The van der Waals surface area contributed by atoms with Crippen LogP contribution in [0.5, 0.6) is 5.75 Å². The Morgan fingerprint density at radius 1 is 1.14 bits per heavy atom. The predicted molar refractivity (Wildman–Crippen MR) is 90.2 cm³/mol. The molecule has 0 atom stereocenters. The van der Waals surface area contributed by atoms with Gasteiger partial charge in [0.05, 0.1) is 7.11 Å². The highest BCUT2D eigenvalue weighted by atomic mass is 35.5. The third-order valence-corrected chi connectivity index (χ3v) is 3.77. The van der Waals surface area contributed by atoms with Gasteiger partial charge in [0.15, 0.2) is 0 Å². The zero-order chi connectivity index (χ0) is 15.4. The van der Waals surface area contributed by atoms with E-state index in [1.54, 1.807) is 7.11 Å². The second-order valence-corrected chi connectivity index (χ2v) is 5.94. The van der Waals surface area contributed by atoms with Crippen LogP contribution in [0.4, 0.5) is 0 Å². The number of rotatable bonds is 5. The van der Waals surface area contributed by atoms with E-state index in [2.05, 4.69) is 37.4 Å². The summed E-state index contributed by atoms with van der Waals surface area (Å²) in [5.41, 5.74) is 4.47. The molecule has 3 heteroatoms. The standard InChI is InChI=1S/C18H22ClNO/c1-12(2)20-11-14-5-7-16(17(19)10-14)15-6-8-18(21-4)13(3)9-15/h5-10,12,20H,11H2,1-4H3. The molecule has 0 heterocycles. The summed E-state index contributed by atoms with van der Waals surface area (Å²) in [4.78, 5) is 0. The summed E-state index contributed by atoms with van der Waals surface area (Å²) in [5, 5.41) is 4.18. The molecule has 0 aliphatic carbocycles. The minimum Gasteiger partial charge on any atom is -0.496 e. The summed E-state index contributed by atoms with van der Waals surface area (Å²) in [7, 11) is 1.69. The molecule has 0 amide bonds. The van der Waals surface area contributed by atoms with E-state index in [1.807, 2.05) is 25.1 Å². The fraction of sp³-hybridized carbons (Fsp3) is 0.333. The third kappa shape index (κ3) is 3.99. The fourth-order valence-corrected chi connectivity index (χ4v) is 2.58. The monoisotopic (exact) mass is 303 g/mol. The molecule has 0 spiro atoms. The van der Waals surface area contributed by atoms with E-state index >= 15 is 0 Å². The topological polar surface area (TPSA) is 21.3 Å². The van der Waals surface area contributed by atoms with Gasteiger partial charge in [-0.1, -0.05) is 43.6 Å². The van der Waals surface area contributed by atoms with E-state index in [-0.39, 0.29) is 0 Å². The van der Waals surface area contributed by atoms with Crippen molar-refractivity contribution in [3.8, 4) is 16.9 Å². The van der Waals surface area contributed by atoms with Crippen LogP contribution in [0.25, 0.3) is 11.1 Å². The van der Waals surface area contributed by atoms with Crippen LogP contribution in [0, 0.1) is 6.92 Å². The molecular weight excluding hydrogens is 282 g/mol. The Kier molecular flexibility index (Phi) is 5.27. The molecule has 0 radical (unpaired) electrons. The van der Waals surface area contributed by atoms with Crippen LogP contribution in [-0.4, -0.2) is 13.2 Å². The lowest BCUT2D eigenvalue weighted by molar-refractivity contribution is 0.412. The average Bonchev–Trinajstić information content (AvgIpc) is 2.45. The third-order valence-electron chi connectivity index (χ3n) is 3.45. The minimum atomic E-state index is 0.465. The second kappa shape index (κ2) is 6.97. The molecule has 21 heavy (non-hydrogen) atoms. The molecule has 2 nitrogen and oxygen atoms in total. The van der Waals surface area contributed by atoms with Crippen molar-refractivity contribution in [3.05, 3.63) is 52.5 Å². The van der Waals surface area contributed by atoms with Crippen LogP contribution in [0.1, 0.15) is 25.0 Å². The summed E-state index contributed by atoms with van der Waals surface area (Å²) in [6.45, 7) is 7.14. The highest BCUT2D eigenvalue weighted by Crippen LogP contribution is 2.31. The van der Waals surface area contributed by atoms with Gasteiger partial charge in [-0.25, -0.2) is 0 Å². The van der Waals surface area contributed by atoms with Crippen molar-refractivity contribution in [2.45, 2.75) is 33.4 Å². The van der Waals surface area contributed by atoms with Crippen molar-refractivity contribution in [1.29, 1.82) is 0 Å². The summed E-state index contributed by atoms with van der Waals surface area (Å²) in [6, 6.07) is 12.8. The van der Waals surface area contributed by atoms with Crippen LogP contribution in [-0.2, 0) is 6.54 Å². The van der Waals surface area contributed by atoms with Crippen molar-refractivity contribution in [1.82, 2.24) is 5.32 Å². The molecule has 2 rings (SSSR count). The number of benzene rings is 2. The van der Waals surface area contributed by atoms with Crippen molar-refractivity contribution >= 4 is 11.6 Å². The molecule has 1 N–H and O–H groups in total. The maximum absolute atomic E-state index is 6.45. The first-order chi connectivity index (χ1) is 10.0. The van der Waals surface area contributed by atoms with Gasteiger partial charge >= 0.3 is 0 Å². The molecule has 0 aliphatic rings. The zero-order valence-corrected chi connectivity index (χ0v) is 13.8. The number of hydrogen-bond acceptors (Lipinski definition) is 2. The quantitative estimate of drug-likeness (QED) is 0.855. The maximum Gasteiger partial charge on any atom is 0.121 e. The second-order valence-electron chi connectivity index (χ2n) is 5.53. The first-order valence-electron chi connectivity index (χ1n) is 7.18. The number of ether oxygens (including phenoxy) is 1. The van der Waals surface area contributed by atoms with Crippen molar-refractivity contribution < 1.29 is 4.74 Å². The molecule has 0 saturated carbocycles. The molecule has 0 unspecified atom stereocenters. The van der Waals surface area contributed by atoms with E-state index in [0.717, 1.165) is 34.0 Å². The van der Waals surface area contributed by atoms with E-state index < -0.39 is 0 Å². The SMILES string of the molecule is COc1ccc(-c2ccc(CNC(C)C)cc2Cl)cc1C. The summed E-state index contributed by atoms with van der Waals surface area (Å²) < 4.78 is 5.30. The number of aryl methyl sites for hydroxylation is 1. The molecular formula is C18H22ClNO. The van der Waals surface area contributed by atoms with Gasteiger partial charge in [-0.2, -0.15) is 0 Å². The molecule has 0 aliphatic heterocycles. The highest BCUT2D eigenvalue weighted by Gasteiger charge is 2.07. The van der Waals surface area contributed by atoms with Gasteiger partial charge in [-0.15, -0.1) is 0 Å². The average molecular weight is 304 g/mol. The molecule has 0 bridgehead atoms. The van der Waals surface area contributed by atoms with Gasteiger partial charge in [-0.05, 0) is 41.8 Å². The number of methoxy groups -OCH3 is 1. The summed E-state index contributed by atoms with van der Waals surface area (Å²) in [5.74, 6) is 0.896. The highest BCUT2D eigenvalue weighted by molar-refractivity contribution is 6.33. The summed E-state index contributed by atoms with van der Waals surface area (Å²) >= 11 is 6.45. The maximum atomic E-state index is 6.45. The number of hydrogen-bond donors (Lipinski definition) is 1. The lowest BCUT2D eigenvalue weighted by atomic mass is 10.0. The van der Waals surface area contributed by atoms with Crippen molar-refractivity contribution in [2.24, 2.45) is 0 Å². The Labute approximate surface area is 132 Å². The van der Waals surface area contributed by atoms with Crippen molar-refractivity contribution in [2.75, 3.05) is 7.11 Å². The fourth-order valence-electron chi connectivity index (χ4n) is 2.27. The van der Waals surface area contributed by atoms with Gasteiger partial charge in [0, 0.05) is 23.2 Å². The zero-order valence-electron chi connectivity index (χ0n) is 13.0. The molecule has 0 aromatic heterocycles. The number of nitrogens with one attached hydrogen (secondary N) is 1. The summed E-state index contributed by atoms with van der Waals surface area (Å²) in [6.07, 6.45) is 0. The van der Waals surface area contributed by atoms with Crippen LogP contribution in [0.2, 0.25) is 5.02 Å². The first kappa shape index (κ1) is 15.9. The van der Waals surface area contributed by atoms with E-state index in [4.69, 9.17) is 16.3 Å². The normalized spacial score (nSPS) is 11.0. The Balaban J connectivity index is 2.26. The molecule has 2 aromatic carbocycles. The molecule has 0 saturated heterocycles. The Bertz CT molecular complexity index is 623. The van der Waals surface area contributed by atoms with Gasteiger partial charge < -0.3 is 10.1 Å². The first-order valence-corrected chi connectivity index (χ1v) is 7.56.